The number of hydrogen-bond donors (Lipinski definition) is 1. The Bertz CT molecular complexity index is 272. The van der Waals surface area contributed by atoms with Gasteiger partial charge in [0.25, 0.3) is 0 Å². The van der Waals surface area contributed by atoms with Gasteiger partial charge in [0.05, 0.1) is 6.61 Å². The van der Waals surface area contributed by atoms with Gasteiger partial charge in [-0.05, 0) is 18.6 Å². The van der Waals surface area contributed by atoms with Crippen LogP contribution in [-0.4, -0.2) is 18.3 Å². The average Bonchev–Trinajstić information content (AvgIpc) is 2.22. The molecule has 3 heteroatoms. The van der Waals surface area contributed by atoms with Crippen LogP contribution in [0.3, 0.4) is 0 Å². The van der Waals surface area contributed by atoms with E-state index < -0.39 is 0 Å². The Labute approximate surface area is 83.3 Å². The van der Waals surface area contributed by atoms with Gasteiger partial charge >= 0.3 is 0 Å². The van der Waals surface area contributed by atoms with Gasteiger partial charge in [-0.2, -0.15) is 0 Å². The standard InChI is InChI=1S/C11H15FO2/c1-2-9(7-13)8-14-11-6-4-3-5-10(11)12/h3-6,9,13H,2,7-8H2,1H3. The van der Waals surface area contributed by atoms with Crippen molar-refractivity contribution >= 4 is 0 Å². The third kappa shape index (κ3) is 3.00. The molecule has 0 radical (unpaired) electrons. The molecule has 1 unspecified atom stereocenters. The molecule has 78 valence electrons. The maximum absolute atomic E-state index is 13.1. The summed E-state index contributed by atoms with van der Waals surface area (Å²) >= 11 is 0. The number of aliphatic hydroxyl groups excluding tert-OH is 1. The Morgan fingerprint density at radius 2 is 2.14 bits per heavy atom. The topological polar surface area (TPSA) is 29.5 Å². The van der Waals surface area contributed by atoms with E-state index in [1.165, 1.54) is 6.07 Å². The first-order valence-corrected chi connectivity index (χ1v) is 4.76. The predicted octanol–water partition coefficient (Wildman–Crippen LogP) is 2.22. The lowest BCUT2D eigenvalue weighted by molar-refractivity contribution is 0.156. The molecule has 1 rings (SSSR count). The van der Waals surface area contributed by atoms with E-state index in [0.717, 1.165) is 6.42 Å². The van der Waals surface area contributed by atoms with Crippen molar-refractivity contribution in [3.63, 3.8) is 0 Å². The molecule has 0 fully saturated rings. The summed E-state index contributed by atoms with van der Waals surface area (Å²) in [6.45, 7) is 2.39. The normalized spacial score (nSPS) is 12.5. The van der Waals surface area contributed by atoms with Crippen LogP contribution < -0.4 is 4.74 Å². The van der Waals surface area contributed by atoms with Crippen LogP contribution in [0.25, 0.3) is 0 Å². The number of hydrogen-bond acceptors (Lipinski definition) is 2. The third-order valence-electron chi connectivity index (χ3n) is 2.15. The lowest BCUT2D eigenvalue weighted by Crippen LogP contribution is -2.15. The van der Waals surface area contributed by atoms with Gasteiger partial charge in [0.15, 0.2) is 11.6 Å². The summed E-state index contributed by atoms with van der Waals surface area (Å²) in [6.07, 6.45) is 0.824. The zero-order chi connectivity index (χ0) is 10.4. The highest BCUT2D eigenvalue weighted by molar-refractivity contribution is 5.23. The number of para-hydroxylation sites is 1. The Hall–Kier alpha value is -1.09. The van der Waals surface area contributed by atoms with Gasteiger partial charge in [-0.1, -0.05) is 19.1 Å². The minimum Gasteiger partial charge on any atom is -0.490 e. The predicted molar refractivity (Wildman–Crippen MR) is 52.8 cm³/mol. The second kappa shape index (κ2) is 5.60. The minimum atomic E-state index is -0.361. The first kappa shape index (κ1) is 11.0. The summed E-state index contributed by atoms with van der Waals surface area (Å²) in [5.74, 6) is -0.0331. The van der Waals surface area contributed by atoms with Gasteiger partial charge in [-0.25, -0.2) is 4.39 Å². The van der Waals surface area contributed by atoms with E-state index in [9.17, 15) is 4.39 Å². The molecule has 2 nitrogen and oxygen atoms in total. The first-order valence-electron chi connectivity index (χ1n) is 4.76. The van der Waals surface area contributed by atoms with Crippen LogP contribution in [0.1, 0.15) is 13.3 Å². The third-order valence-corrected chi connectivity index (χ3v) is 2.15. The van der Waals surface area contributed by atoms with Crippen LogP contribution in [0.2, 0.25) is 0 Å². The molecule has 1 atom stereocenters. The Morgan fingerprint density at radius 3 is 2.71 bits per heavy atom. The molecule has 0 aliphatic carbocycles. The van der Waals surface area contributed by atoms with Crippen LogP contribution in [0.5, 0.6) is 5.75 Å². The van der Waals surface area contributed by atoms with Crippen molar-refractivity contribution in [2.45, 2.75) is 13.3 Å². The molecular formula is C11H15FO2. The zero-order valence-corrected chi connectivity index (χ0v) is 8.24. The quantitative estimate of drug-likeness (QED) is 0.786. The van der Waals surface area contributed by atoms with Crippen molar-refractivity contribution < 1.29 is 14.2 Å². The smallest absolute Gasteiger partial charge is 0.165 e. The number of rotatable bonds is 5. The largest absolute Gasteiger partial charge is 0.490 e. The van der Waals surface area contributed by atoms with Gasteiger partial charge < -0.3 is 9.84 Å². The summed E-state index contributed by atoms with van der Waals surface area (Å²) in [7, 11) is 0. The van der Waals surface area contributed by atoms with Gasteiger partial charge in [-0.3, -0.25) is 0 Å². The number of aliphatic hydroxyl groups is 1. The monoisotopic (exact) mass is 198 g/mol. The molecule has 0 aliphatic heterocycles. The molecule has 0 spiro atoms. The highest BCUT2D eigenvalue weighted by Gasteiger charge is 2.07. The van der Waals surface area contributed by atoms with Crippen LogP contribution in [-0.2, 0) is 0 Å². The number of ether oxygens (including phenoxy) is 1. The fourth-order valence-electron chi connectivity index (χ4n) is 1.07. The van der Waals surface area contributed by atoms with Crippen molar-refractivity contribution in [2.24, 2.45) is 5.92 Å². The van der Waals surface area contributed by atoms with Gasteiger partial charge in [0.1, 0.15) is 0 Å². The molecule has 0 saturated heterocycles. The van der Waals surface area contributed by atoms with Crippen molar-refractivity contribution in [1.29, 1.82) is 0 Å². The number of benzene rings is 1. The summed E-state index contributed by atoms with van der Waals surface area (Å²) in [5.41, 5.74) is 0. The lowest BCUT2D eigenvalue weighted by Gasteiger charge is -2.13. The molecule has 1 aromatic rings. The van der Waals surface area contributed by atoms with E-state index >= 15 is 0 Å². The zero-order valence-electron chi connectivity index (χ0n) is 8.24. The van der Waals surface area contributed by atoms with Gasteiger partial charge in [0.2, 0.25) is 0 Å². The van der Waals surface area contributed by atoms with E-state index in [-0.39, 0.29) is 24.1 Å². The van der Waals surface area contributed by atoms with Crippen molar-refractivity contribution in [1.82, 2.24) is 0 Å². The molecule has 0 amide bonds. The Balaban J connectivity index is 2.49. The second-order valence-electron chi connectivity index (χ2n) is 3.20. The van der Waals surface area contributed by atoms with E-state index in [2.05, 4.69) is 0 Å². The molecule has 1 N–H and O–H groups in total. The summed E-state index contributed by atoms with van der Waals surface area (Å²) in [5, 5.41) is 8.90. The molecule has 0 saturated carbocycles. The Morgan fingerprint density at radius 1 is 1.43 bits per heavy atom. The van der Waals surface area contributed by atoms with Crippen LogP contribution in [0.15, 0.2) is 24.3 Å². The molecule has 1 aromatic carbocycles. The van der Waals surface area contributed by atoms with Gasteiger partial charge in [0, 0.05) is 12.5 Å². The molecule has 0 heterocycles. The molecule has 0 bridgehead atoms. The van der Waals surface area contributed by atoms with E-state index in [1.807, 2.05) is 6.92 Å². The Kier molecular flexibility index (Phi) is 4.40. The maximum Gasteiger partial charge on any atom is 0.165 e. The van der Waals surface area contributed by atoms with Gasteiger partial charge in [-0.15, -0.1) is 0 Å². The average molecular weight is 198 g/mol. The van der Waals surface area contributed by atoms with Crippen molar-refractivity contribution in [3.8, 4) is 5.75 Å². The summed E-state index contributed by atoms with van der Waals surface area (Å²) in [4.78, 5) is 0. The summed E-state index contributed by atoms with van der Waals surface area (Å²) < 4.78 is 18.3. The first-order chi connectivity index (χ1) is 6.77. The molecule has 0 aliphatic rings. The van der Waals surface area contributed by atoms with Crippen LogP contribution in [0, 0.1) is 11.7 Å². The minimum absolute atomic E-state index is 0.0744. The van der Waals surface area contributed by atoms with Crippen LogP contribution >= 0.6 is 0 Å². The SMILES string of the molecule is CCC(CO)COc1ccccc1F. The van der Waals surface area contributed by atoms with E-state index in [0.29, 0.717) is 6.61 Å². The van der Waals surface area contributed by atoms with E-state index in [1.54, 1.807) is 18.2 Å². The second-order valence-corrected chi connectivity index (χ2v) is 3.20. The molecule has 14 heavy (non-hydrogen) atoms. The highest BCUT2D eigenvalue weighted by atomic mass is 19.1. The summed E-state index contributed by atoms with van der Waals surface area (Å²) in [6, 6.07) is 6.28. The van der Waals surface area contributed by atoms with E-state index in [4.69, 9.17) is 9.84 Å². The van der Waals surface area contributed by atoms with Crippen LogP contribution in [0.4, 0.5) is 4.39 Å². The fourth-order valence-corrected chi connectivity index (χ4v) is 1.07. The highest BCUT2D eigenvalue weighted by Crippen LogP contribution is 2.16. The molecular weight excluding hydrogens is 183 g/mol. The van der Waals surface area contributed by atoms with Crippen molar-refractivity contribution in [2.75, 3.05) is 13.2 Å². The van der Waals surface area contributed by atoms with Crippen molar-refractivity contribution in [3.05, 3.63) is 30.1 Å². The fraction of sp³-hybridized carbons (Fsp3) is 0.455. The number of halogens is 1. The molecule has 0 aromatic heterocycles. The maximum atomic E-state index is 13.1. The lowest BCUT2D eigenvalue weighted by atomic mass is 10.1.